The molecule has 3 aromatic rings. The van der Waals surface area contributed by atoms with Crippen molar-refractivity contribution in [3.8, 4) is 5.82 Å². The molecule has 0 aliphatic carbocycles. The number of hydrogen-bond donors (Lipinski definition) is 0. The second-order valence-corrected chi connectivity index (χ2v) is 6.49. The van der Waals surface area contributed by atoms with Crippen molar-refractivity contribution < 1.29 is 4.92 Å². The fraction of sp³-hybridized carbons (Fsp3) is 0.235. The van der Waals surface area contributed by atoms with Crippen molar-refractivity contribution in [2.24, 2.45) is 0 Å². The molecule has 1 aliphatic rings. The van der Waals surface area contributed by atoms with Crippen LogP contribution in [0.2, 0.25) is 5.02 Å². The molecule has 0 N–H and O–H groups in total. The number of benzene rings is 1. The second-order valence-electron chi connectivity index (χ2n) is 6.05. The molecule has 10 heteroatoms. The zero-order chi connectivity index (χ0) is 18.8. The van der Waals surface area contributed by atoms with Gasteiger partial charge in [0.05, 0.1) is 4.92 Å². The fourth-order valence-electron chi connectivity index (χ4n) is 3.18. The normalized spacial score (nSPS) is 14.4. The molecule has 27 heavy (non-hydrogen) atoms. The van der Waals surface area contributed by atoms with Gasteiger partial charge < -0.3 is 9.80 Å². The zero-order valence-electron chi connectivity index (χ0n) is 14.3. The van der Waals surface area contributed by atoms with Gasteiger partial charge in [-0.15, -0.1) is 0 Å². The number of anilines is 2. The van der Waals surface area contributed by atoms with Crippen LogP contribution in [0.5, 0.6) is 0 Å². The summed E-state index contributed by atoms with van der Waals surface area (Å²) in [6, 6.07) is 7.67. The number of nitrogens with zero attached hydrogens (tertiary/aromatic N) is 7. The summed E-state index contributed by atoms with van der Waals surface area (Å²) in [7, 11) is 0. The van der Waals surface area contributed by atoms with E-state index in [2.05, 4.69) is 19.9 Å². The van der Waals surface area contributed by atoms with Crippen LogP contribution in [-0.4, -0.2) is 50.6 Å². The molecular weight excluding hydrogens is 370 g/mol. The number of aromatic nitrogens is 4. The van der Waals surface area contributed by atoms with Crippen LogP contribution in [-0.2, 0) is 0 Å². The first-order valence-corrected chi connectivity index (χ1v) is 8.74. The molecule has 1 aliphatic heterocycles. The van der Waals surface area contributed by atoms with Gasteiger partial charge in [0.15, 0.2) is 0 Å². The van der Waals surface area contributed by atoms with E-state index in [1.807, 2.05) is 29.2 Å². The first-order chi connectivity index (χ1) is 13.1. The molecular formula is C17H16ClN7O2. The first kappa shape index (κ1) is 17.2. The summed E-state index contributed by atoms with van der Waals surface area (Å²) in [6.07, 6.45) is 6.00. The summed E-state index contributed by atoms with van der Waals surface area (Å²) >= 11 is 6.07. The van der Waals surface area contributed by atoms with Crippen LogP contribution in [0.25, 0.3) is 5.82 Å². The molecule has 0 amide bonds. The number of hydrogen-bond acceptors (Lipinski definition) is 7. The Morgan fingerprint density at radius 2 is 1.81 bits per heavy atom. The molecule has 9 nitrogen and oxygen atoms in total. The van der Waals surface area contributed by atoms with Gasteiger partial charge in [-0.2, -0.15) is 0 Å². The maximum atomic E-state index is 11.7. The van der Waals surface area contributed by atoms with Gasteiger partial charge in [0.1, 0.15) is 12.7 Å². The van der Waals surface area contributed by atoms with Crippen molar-refractivity contribution in [2.75, 3.05) is 36.0 Å². The Labute approximate surface area is 160 Å². The van der Waals surface area contributed by atoms with E-state index in [1.165, 1.54) is 17.2 Å². The molecule has 4 rings (SSSR count). The molecule has 1 saturated heterocycles. The Kier molecular flexibility index (Phi) is 4.59. The Morgan fingerprint density at radius 1 is 1.07 bits per heavy atom. The Morgan fingerprint density at radius 3 is 2.48 bits per heavy atom. The maximum absolute atomic E-state index is 11.7. The third kappa shape index (κ3) is 3.41. The lowest BCUT2D eigenvalue weighted by Gasteiger charge is -2.36. The van der Waals surface area contributed by atoms with Crippen molar-refractivity contribution >= 4 is 28.8 Å². The molecule has 0 spiro atoms. The summed E-state index contributed by atoms with van der Waals surface area (Å²) in [4.78, 5) is 27.7. The first-order valence-electron chi connectivity index (χ1n) is 8.36. The SMILES string of the molecule is O=[N+]([O-])c1c(N2CCN(c3cccc(Cl)c3)CC2)ncnc1-n1ccnc1. The van der Waals surface area contributed by atoms with Gasteiger partial charge in [0, 0.05) is 49.3 Å². The van der Waals surface area contributed by atoms with Gasteiger partial charge in [0.2, 0.25) is 11.6 Å². The van der Waals surface area contributed by atoms with Gasteiger partial charge in [0.25, 0.3) is 0 Å². The van der Waals surface area contributed by atoms with E-state index in [1.54, 1.807) is 12.4 Å². The fourth-order valence-corrected chi connectivity index (χ4v) is 3.36. The summed E-state index contributed by atoms with van der Waals surface area (Å²) in [5, 5.41) is 12.4. The van der Waals surface area contributed by atoms with Crippen LogP contribution >= 0.6 is 11.6 Å². The molecule has 0 radical (unpaired) electrons. The van der Waals surface area contributed by atoms with E-state index in [9.17, 15) is 10.1 Å². The van der Waals surface area contributed by atoms with Gasteiger partial charge in [-0.05, 0) is 18.2 Å². The Hall–Kier alpha value is -3.20. The lowest BCUT2D eigenvalue weighted by Crippen LogP contribution is -2.47. The smallest absolute Gasteiger partial charge is 0.354 e. The minimum atomic E-state index is -0.436. The molecule has 0 atom stereocenters. The average molecular weight is 386 g/mol. The van der Waals surface area contributed by atoms with Crippen molar-refractivity contribution in [3.05, 3.63) is 64.5 Å². The van der Waals surface area contributed by atoms with E-state index in [0.29, 0.717) is 37.0 Å². The van der Waals surface area contributed by atoms with Crippen molar-refractivity contribution in [2.45, 2.75) is 0 Å². The average Bonchev–Trinajstić information content (AvgIpc) is 3.22. The lowest BCUT2D eigenvalue weighted by atomic mass is 10.2. The van der Waals surface area contributed by atoms with E-state index >= 15 is 0 Å². The van der Waals surface area contributed by atoms with Crippen molar-refractivity contribution in [1.82, 2.24) is 19.5 Å². The van der Waals surface area contributed by atoms with Crippen LogP contribution in [0, 0.1) is 10.1 Å². The van der Waals surface area contributed by atoms with E-state index in [4.69, 9.17) is 11.6 Å². The molecule has 138 valence electrons. The summed E-state index contributed by atoms with van der Waals surface area (Å²) in [5.74, 6) is 0.532. The highest BCUT2D eigenvalue weighted by atomic mass is 35.5. The largest absolute Gasteiger partial charge is 0.368 e. The number of halogens is 1. The highest BCUT2D eigenvalue weighted by Crippen LogP contribution is 2.31. The number of rotatable bonds is 4. The quantitative estimate of drug-likeness (QED) is 0.503. The van der Waals surface area contributed by atoms with E-state index in [-0.39, 0.29) is 11.5 Å². The van der Waals surface area contributed by atoms with Crippen LogP contribution in [0.3, 0.4) is 0 Å². The van der Waals surface area contributed by atoms with Gasteiger partial charge in [-0.1, -0.05) is 17.7 Å². The summed E-state index contributed by atoms with van der Waals surface area (Å²) < 4.78 is 1.52. The number of piperazine rings is 1. The van der Waals surface area contributed by atoms with Crippen LogP contribution in [0.15, 0.2) is 49.3 Å². The van der Waals surface area contributed by atoms with Crippen LogP contribution in [0.1, 0.15) is 0 Å². The predicted octanol–water partition coefficient (Wildman–Crippen LogP) is 2.55. The van der Waals surface area contributed by atoms with Gasteiger partial charge >= 0.3 is 5.69 Å². The molecule has 0 bridgehead atoms. The predicted molar refractivity (Wildman–Crippen MR) is 102 cm³/mol. The number of nitro groups is 1. The van der Waals surface area contributed by atoms with Crippen molar-refractivity contribution in [1.29, 1.82) is 0 Å². The standard InChI is InChI=1S/C17H16ClN7O2/c18-13-2-1-3-14(10-13)22-6-8-23(9-7-22)16-15(25(26)27)17(21-11-20-16)24-5-4-19-12-24/h1-5,10-12H,6-9H2. The monoisotopic (exact) mass is 385 g/mol. The van der Waals surface area contributed by atoms with Gasteiger partial charge in [-0.25, -0.2) is 15.0 Å². The molecule has 1 fully saturated rings. The summed E-state index contributed by atoms with van der Waals surface area (Å²) in [5.41, 5.74) is 0.921. The highest BCUT2D eigenvalue weighted by Gasteiger charge is 2.30. The second kappa shape index (κ2) is 7.20. The minimum Gasteiger partial charge on any atom is -0.368 e. The maximum Gasteiger partial charge on any atom is 0.354 e. The molecule has 0 saturated carbocycles. The van der Waals surface area contributed by atoms with Gasteiger partial charge in [-0.3, -0.25) is 14.7 Å². The molecule has 0 unspecified atom stereocenters. The molecule has 2 aromatic heterocycles. The Balaban J connectivity index is 1.60. The molecule has 1 aromatic carbocycles. The zero-order valence-corrected chi connectivity index (χ0v) is 15.0. The third-order valence-electron chi connectivity index (χ3n) is 4.47. The van der Waals surface area contributed by atoms with Crippen molar-refractivity contribution in [3.63, 3.8) is 0 Å². The highest BCUT2D eigenvalue weighted by molar-refractivity contribution is 6.30. The Bertz CT molecular complexity index is 956. The van der Waals surface area contributed by atoms with E-state index in [0.717, 1.165) is 5.69 Å². The van der Waals surface area contributed by atoms with Crippen LogP contribution < -0.4 is 9.80 Å². The topological polar surface area (TPSA) is 93.2 Å². The number of imidazole rings is 1. The van der Waals surface area contributed by atoms with Crippen LogP contribution in [0.4, 0.5) is 17.2 Å². The summed E-state index contributed by atoms with van der Waals surface area (Å²) in [6.45, 7) is 2.63. The lowest BCUT2D eigenvalue weighted by molar-refractivity contribution is -0.384. The van der Waals surface area contributed by atoms with E-state index < -0.39 is 4.92 Å². The molecule has 3 heterocycles. The third-order valence-corrected chi connectivity index (χ3v) is 4.70. The minimum absolute atomic E-state index is 0.119.